The van der Waals surface area contributed by atoms with Gasteiger partial charge in [0, 0.05) is 18.8 Å². The van der Waals surface area contributed by atoms with Crippen LogP contribution in [0.5, 0.6) is 0 Å². The van der Waals surface area contributed by atoms with Crippen molar-refractivity contribution in [1.29, 1.82) is 0 Å². The van der Waals surface area contributed by atoms with E-state index in [-0.39, 0.29) is 12.2 Å². The number of halogens is 3. The zero-order valence-electron chi connectivity index (χ0n) is 20.5. The number of benzene rings is 2. The van der Waals surface area contributed by atoms with Gasteiger partial charge in [0.15, 0.2) is 0 Å². The normalized spacial score (nSPS) is 14.2. The monoisotopic (exact) mass is 493 g/mol. The fraction of sp³-hybridized carbons (Fsp3) is 0.462. The van der Waals surface area contributed by atoms with Crippen molar-refractivity contribution >= 4 is 17.5 Å². The van der Waals surface area contributed by atoms with Crippen LogP contribution in [0.25, 0.3) is 0 Å². The first-order valence-corrected chi connectivity index (χ1v) is 11.7. The molecule has 0 aliphatic carbocycles. The van der Waals surface area contributed by atoms with Gasteiger partial charge in [-0.05, 0) is 56.5 Å². The summed E-state index contributed by atoms with van der Waals surface area (Å²) in [7, 11) is 0. The standard InChI is InChI=1S/C26H34F3N3O3/c1-5-7-23(33)22(15-30-14-19-11-10-16(2)12-17(19)3)32-25(35)18(4)24(34)31-21-9-6-8-20(13-21)26(27,28)29/h6,8-13,18,22-23,30,33H,5,7,14-15H2,1-4H3,(H,31,34)(H,32,35)/t18-,22+,23?/m1/s1. The maximum atomic E-state index is 12.9. The molecule has 0 saturated carbocycles. The number of anilines is 1. The van der Waals surface area contributed by atoms with E-state index >= 15 is 0 Å². The highest BCUT2D eigenvalue weighted by Gasteiger charge is 2.31. The zero-order valence-corrected chi connectivity index (χ0v) is 20.5. The molecule has 0 aromatic heterocycles. The van der Waals surface area contributed by atoms with E-state index in [1.165, 1.54) is 19.1 Å². The molecule has 0 aliphatic heterocycles. The van der Waals surface area contributed by atoms with E-state index in [1.807, 2.05) is 32.9 Å². The summed E-state index contributed by atoms with van der Waals surface area (Å²) >= 11 is 0. The quantitative estimate of drug-likeness (QED) is 0.351. The number of hydrogen-bond donors (Lipinski definition) is 4. The molecule has 0 saturated heterocycles. The molecule has 0 radical (unpaired) electrons. The molecule has 35 heavy (non-hydrogen) atoms. The number of carbonyl (C=O) groups excluding carboxylic acids is 2. The van der Waals surface area contributed by atoms with E-state index in [9.17, 15) is 27.9 Å². The number of alkyl halides is 3. The molecule has 0 aliphatic rings. The van der Waals surface area contributed by atoms with Gasteiger partial charge in [0.25, 0.3) is 0 Å². The Bertz CT molecular complexity index is 1010. The number of aliphatic hydroxyl groups excluding tert-OH is 1. The molecule has 192 valence electrons. The summed E-state index contributed by atoms with van der Waals surface area (Å²) in [5.41, 5.74) is 2.44. The summed E-state index contributed by atoms with van der Waals surface area (Å²) < 4.78 is 38.8. The zero-order chi connectivity index (χ0) is 26.2. The van der Waals surface area contributed by atoms with Crippen LogP contribution in [0.1, 0.15) is 48.9 Å². The van der Waals surface area contributed by atoms with Crippen molar-refractivity contribution in [3.63, 3.8) is 0 Å². The smallest absolute Gasteiger partial charge is 0.391 e. The van der Waals surface area contributed by atoms with E-state index < -0.39 is 41.6 Å². The predicted molar refractivity (Wildman–Crippen MR) is 130 cm³/mol. The first-order chi connectivity index (χ1) is 16.4. The number of carbonyl (C=O) groups is 2. The summed E-state index contributed by atoms with van der Waals surface area (Å²) in [6, 6.07) is 9.69. The summed E-state index contributed by atoms with van der Waals surface area (Å²) in [4.78, 5) is 25.3. The van der Waals surface area contributed by atoms with Crippen LogP contribution >= 0.6 is 0 Å². The number of aliphatic hydroxyl groups is 1. The van der Waals surface area contributed by atoms with Crippen molar-refractivity contribution in [2.75, 3.05) is 11.9 Å². The molecule has 0 spiro atoms. The van der Waals surface area contributed by atoms with Gasteiger partial charge in [-0.3, -0.25) is 9.59 Å². The second-order valence-corrected chi connectivity index (χ2v) is 8.82. The molecule has 1 unspecified atom stereocenters. The maximum Gasteiger partial charge on any atom is 0.416 e. The molecule has 0 heterocycles. The van der Waals surface area contributed by atoms with Crippen LogP contribution in [0.4, 0.5) is 18.9 Å². The lowest BCUT2D eigenvalue weighted by Crippen LogP contribution is -2.51. The molecule has 2 aromatic rings. The third kappa shape index (κ3) is 8.67. The number of rotatable bonds is 11. The fourth-order valence-corrected chi connectivity index (χ4v) is 3.64. The Hall–Kier alpha value is -2.91. The summed E-state index contributed by atoms with van der Waals surface area (Å²) in [5, 5.41) is 18.9. The Kier molecular flexibility index (Phi) is 10.3. The van der Waals surface area contributed by atoms with E-state index in [2.05, 4.69) is 22.0 Å². The molecule has 2 amide bonds. The minimum Gasteiger partial charge on any atom is -0.391 e. The first kappa shape index (κ1) is 28.3. The SMILES string of the molecule is CCCC(O)[C@H](CNCc1ccc(C)cc1C)NC(=O)[C@H](C)C(=O)Nc1cccc(C(F)(F)F)c1. The van der Waals surface area contributed by atoms with Gasteiger partial charge in [-0.25, -0.2) is 0 Å². The maximum absolute atomic E-state index is 12.9. The van der Waals surface area contributed by atoms with E-state index in [0.29, 0.717) is 19.4 Å². The average Bonchev–Trinajstić information content (AvgIpc) is 2.78. The molecular formula is C26H34F3N3O3. The van der Waals surface area contributed by atoms with Crippen LogP contribution in [-0.2, 0) is 22.3 Å². The topological polar surface area (TPSA) is 90.5 Å². The van der Waals surface area contributed by atoms with Gasteiger partial charge in [0.05, 0.1) is 17.7 Å². The average molecular weight is 494 g/mol. The van der Waals surface area contributed by atoms with Crippen molar-refractivity contribution in [1.82, 2.24) is 10.6 Å². The summed E-state index contributed by atoms with van der Waals surface area (Å²) in [6.45, 7) is 8.13. The molecule has 2 rings (SSSR count). The van der Waals surface area contributed by atoms with Crippen molar-refractivity contribution in [2.45, 2.75) is 65.4 Å². The highest BCUT2D eigenvalue weighted by atomic mass is 19.4. The minimum absolute atomic E-state index is 0.0535. The largest absolute Gasteiger partial charge is 0.416 e. The molecule has 0 bridgehead atoms. The van der Waals surface area contributed by atoms with Crippen LogP contribution in [0, 0.1) is 19.8 Å². The second kappa shape index (κ2) is 12.7. The van der Waals surface area contributed by atoms with Gasteiger partial charge < -0.3 is 21.1 Å². The summed E-state index contributed by atoms with van der Waals surface area (Å²) in [5.74, 6) is -2.54. The Labute approximate surface area is 204 Å². The Morgan fingerprint density at radius 2 is 1.77 bits per heavy atom. The molecule has 6 nitrogen and oxygen atoms in total. The molecule has 4 N–H and O–H groups in total. The molecule has 9 heteroatoms. The molecular weight excluding hydrogens is 459 g/mol. The molecule has 2 aromatic carbocycles. The molecule has 0 fully saturated rings. The van der Waals surface area contributed by atoms with Crippen LogP contribution in [0.3, 0.4) is 0 Å². The van der Waals surface area contributed by atoms with Gasteiger partial charge in [-0.2, -0.15) is 13.2 Å². The lowest BCUT2D eigenvalue weighted by atomic mass is 10.0. The third-order valence-electron chi connectivity index (χ3n) is 5.80. The Morgan fingerprint density at radius 1 is 1.06 bits per heavy atom. The van der Waals surface area contributed by atoms with Crippen molar-refractivity contribution in [3.05, 3.63) is 64.7 Å². The summed E-state index contributed by atoms with van der Waals surface area (Å²) in [6.07, 6.45) is -4.21. The lowest BCUT2D eigenvalue weighted by molar-refractivity contribution is -0.138. The Balaban J connectivity index is 2.00. The number of nitrogens with one attached hydrogen (secondary N) is 3. The number of aryl methyl sites for hydroxylation is 2. The van der Waals surface area contributed by atoms with Gasteiger partial charge in [-0.15, -0.1) is 0 Å². The Morgan fingerprint density at radius 3 is 2.40 bits per heavy atom. The predicted octanol–water partition coefficient (Wildman–Crippen LogP) is 4.33. The van der Waals surface area contributed by atoms with Gasteiger partial charge >= 0.3 is 6.18 Å². The van der Waals surface area contributed by atoms with Crippen molar-refractivity contribution in [3.8, 4) is 0 Å². The second-order valence-electron chi connectivity index (χ2n) is 8.82. The number of hydrogen-bond acceptors (Lipinski definition) is 4. The van der Waals surface area contributed by atoms with E-state index in [1.54, 1.807) is 0 Å². The van der Waals surface area contributed by atoms with E-state index in [4.69, 9.17) is 0 Å². The van der Waals surface area contributed by atoms with Crippen LogP contribution in [-0.4, -0.2) is 35.6 Å². The lowest BCUT2D eigenvalue weighted by Gasteiger charge is -2.26. The van der Waals surface area contributed by atoms with Crippen LogP contribution in [0.2, 0.25) is 0 Å². The van der Waals surface area contributed by atoms with Crippen LogP contribution < -0.4 is 16.0 Å². The minimum atomic E-state index is -4.55. The van der Waals surface area contributed by atoms with Gasteiger partial charge in [-0.1, -0.05) is 43.2 Å². The highest BCUT2D eigenvalue weighted by Crippen LogP contribution is 2.30. The van der Waals surface area contributed by atoms with Crippen molar-refractivity contribution in [2.24, 2.45) is 5.92 Å². The van der Waals surface area contributed by atoms with E-state index in [0.717, 1.165) is 28.8 Å². The van der Waals surface area contributed by atoms with Crippen LogP contribution in [0.15, 0.2) is 42.5 Å². The fourth-order valence-electron chi connectivity index (χ4n) is 3.64. The highest BCUT2D eigenvalue weighted by molar-refractivity contribution is 6.06. The third-order valence-corrected chi connectivity index (χ3v) is 5.80. The molecule has 3 atom stereocenters. The van der Waals surface area contributed by atoms with Crippen molar-refractivity contribution < 1.29 is 27.9 Å². The van der Waals surface area contributed by atoms with Gasteiger partial charge in [0.1, 0.15) is 5.92 Å². The first-order valence-electron chi connectivity index (χ1n) is 11.7. The van der Waals surface area contributed by atoms with Gasteiger partial charge in [0.2, 0.25) is 11.8 Å². The number of amides is 2.